The first-order valence-electron chi connectivity index (χ1n) is 7.26. The Morgan fingerprint density at radius 2 is 1.91 bits per heavy atom. The average Bonchev–Trinajstić information content (AvgIpc) is 2.71. The first kappa shape index (κ1) is 15.4. The lowest BCUT2D eigenvalue weighted by molar-refractivity contribution is -0.128. The molecule has 0 saturated carbocycles. The molecule has 0 radical (unpaired) electrons. The molecule has 1 aromatic carbocycles. The third-order valence-corrected chi connectivity index (χ3v) is 6.12. The van der Waals surface area contributed by atoms with Crippen LogP contribution in [0, 0.1) is 5.82 Å². The normalized spacial score (nSPS) is 24.4. The van der Waals surface area contributed by atoms with Crippen molar-refractivity contribution in [2.75, 3.05) is 32.7 Å². The van der Waals surface area contributed by atoms with Gasteiger partial charge in [0, 0.05) is 32.7 Å². The Balaban J connectivity index is 1.84. The standard InChI is InChI=1S/C14H18FN3O3S/c15-11-3-1-2-4-13(11)22(20,21)18-7-5-12-14(19)16-6-8-17(12)9-10-18/h1-4,12H,5-10H2,(H,16,19)/t12-/m0/s1. The van der Waals surface area contributed by atoms with E-state index >= 15 is 0 Å². The summed E-state index contributed by atoms with van der Waals surface area (Å²) in [6, 6.07) is 5.08. The van der Waals surface area contributed by atoms with Crippen LogP contribution in [0.4, 0.5) is 4.39 Å². The summed E-state index contributed by atoms with van der Waals surface area (Å²) in [7, 11) is -3.88. The molecule has 2 aliphatic heterocycles. The van der Waals surface area contributed by atoms with E-state index in [2.05, 4.69) is 5.32 Å². The number of amides is 1. The fraction of sp³-hybridized carbons (Fsp3) is 0.500. The minimum Gasteiger partial charge on any atom is -0.353 e. The summed E-state index contributed by atoms with van der Waals surface area (Å²) in [5.74, 6) is -0.807. The summed E-state index contributed by atoms with van der Waals surface area (Å²) in [5.41, 5.74) is 0. The van der Waals surface area contributed by atoms with Gasteiger partial charge in [-0.05, 0) is 18.6 Å². The summed E-state index contributed by atoms with van der Waals surface area (Å²) in [6.45, 7) is 2.25. The molecule has 8 heteroatoms. The van der Waals surface area contributed by atoms with E-state index in [1.54, 1.807) is 0 Å². The monoisotopic (exact) mass is 327 g/mol. The summed E-state index contributed by atoms with van der Waals surface area (Å²) < 4.78 is 40.3. The van der Waals surface area contributed by atoms with Crippen LogP contribution in [0.1, 0.15) is 6.42 Å². The summed E-state index contributed by atoms with van der Waals surface area (Å²) in [6.07, 6.45) is 0.416. The number of hydrogen-bond donors (Lipinski definition) is 1. The highest BCUT2D eigenvalue weighted by Crippen LogP contribution is 2.22. The van der Waals surface area contributed by atoms with E-state index in [9.17, 15) is 17.6 Å². The molecule has 120 valence electrons. The van der Waals surface area contributed by atoms with Crippen molar-refractivity contribution in [1.82, 2.24) is 14.5 Å². The number of nitrogens with one attached hydrogen (secondary N) is 1. The maximum absolute atomic E-state index is 13.8. The van der Waals surface area contributed by atoms with Crippen LogP contribution in [0.15, 0.2) is 29.2 Å². The van der Waals surface area contributed by atoms with Crippen molar-refractivity contribution in [2.24, 2.45) is 0 Å². The lowest BCUT2D eigenvalue weighted by Crippen LogP contribution is -2.55. The predicted molar refractivity (Wildman–Crippen MR) is 78.1 cm³/mol. The highest BCUT2D eigenvalue weighted by molar-refractivity contribution is 7.89. The summed E-state index contributed by atoms with van der Waals surface area (Å²) in [5, 5.41) is 2.79. The van der Waals surface area contributed by atoms with E-state index in [0.29, 0.717) is 26.1 Å². The van der Waals surface area contributed by atoms with E-state index < -0.39 is 15.8 Å². The fourth-order valence-electron chi connectivity index (χ4n) is 2.99. The van der Waals surface area contributed by atoms with Crippen molar-refractivity contribution in [3.63, 3.8) is 0 Å². The third kappa shape index (κ3) is 2.73. The van der Waals surface area contributed by atoms with Crippen LogP contribution in [0.5, 0.6) is 0 Å². The molecule has 2 heterocycles. The first-order chi connectivity index (χ1) is 10.5. The number of rotatable bonds is 2. The van der Waals surface area contributed by atoms with Gasteiger partial charge in [0.2, 0.25) is 15.9 Å². The molecule has 1 amide bonds. The van der Waals surface area contributed by atoms with Crippen LogP contribution in [0.2, 0.25) is 0 Å². The van der Waals surface area contributed by atoms with Gasteiger partial charge in [0.15, 0.2) is 0 Å². The van der Waals surface area contributed by atoms with Gasteiger partial charge in [0.1, 0.15) is 10.7 Å². The fourth-order valence-corrected chi connectivity index (χ4v) is 4.51. The molecule has 0 unspecified atom stereocenters. The number of piperazine rings is 1. The molecule has 2 fully saturated rings. The SMILES string of the molecule is O=C1NCCN2CCN(S(=O)(=O)c3ccccc3F)CC[C@@H]12. The molecule has 6 nitrogen and oxygen atoms in total. The smallest absolute Gasteiger partial charge is 0.246 e. The van der Waals surface area contributed by atoms with Gasteiger partial charge in [0.05, 0.1) is 6.04 Å². The number of carbonyl (C=O) groups is 1. The molecule has 2 aliphatic rings. The van der Waals surface area contributed by atoms with Gasteiger partial charge in [0.25, 0.3) is 0 Å². The van der Waals surface area contributed by atoms with Crippen LogP contribution >= 0.6 is 0 Å². The van der Waals surface area contributed by atoms with Crippen LogP contribution in [-0.2, 0) is 14.8 Å². The van der Waals surface area contributed by atoms with Gasteiger partial charge >= 0.3 is 0 Å². The molecule has 1 N–H and O–H groups in total. The largest absolute Gasteiger partial charge is 0.353 e. The number of benzene rings is 1. The van der Waals surface area contributed by atoms with Crippen LogP contribution < -0.4 is 5.32 Å². The number of fused-ring (bicyclic) bond motifs is 1. The van der Waals surface area contributed by atoms with Crippen molar-refractivity contribution >= 4 is 15.9 Å². The maximum atomic E-state index is 13.8. The molecule has 3 rings (SSSR count). The zero-order valence-electron chi connectivity index (χ0n) is 12.0. The van der Waals surface area contributed by atoms with Gasteiger partial charge in [-0.1, -0.05) is 12.1 Å². The molecule has 1 atom stereocenters. The van der Waals surface area contributed by atoms with E-state index in [0.717, 1.165) is 6.07 Å². The van der Waals surface area contributed by atoms with Crippen molar-refractivity contribution in [2.45, 2.75) is 17.4 Å². The Hall–Kier alpha value is -1.51. The number of carbonyl (C=O) groups excluding carboxylic acids is 1. The highest BCUT2D eigenvalue weighted by atomic mass is 32.2. The number of sulfonamides is 1. The topological polar surface area (TPSA) is 69.7 Å². The lowest BCUT2D eigenvalue weighted by Gasteiger charge is -2.32. The number of halogens is 1. The van der Waals surface area contributed by atoms with Crippen LogP contribution in [-0.4, -0.2) is 62.3 Å². The molecule has 0 aromatic heterocycles. The molecule has 2 saturated heterocycles. The van der Waals surface area contributed by atoms with Crippen LogP contribution in [0.3, 0.4) is 0 Å². The number of hydrogen-bond acceptors (Lipinski definition) is 4. The molecule has 0 spiro atoms. The Kier molecular flexibility index (Phi) is 4.16. The van der Waals surface area contributed by atoms with Gasteiger partial charge in [-0.25, -0.2) is 12.8 Å². The molecular weight excluding hydrogens is 309 g/mol. The zero-order valence-corrected chi connectivity index (χ0v) is 12.9. The Morgan fingerprint density at radius 3 is 2.68 bits per heavy atom. The average molecular weight is 327 g/mol. The first-order valence-corrected chi connectivity index (χ1v) is 8.70. The van der Waals surface area contributed by atoms with Gasteiger partial charge < -0.3 is 5.32 Å². The van der Waals surface area contributed by atoms with Gasteiger partial charge in [-0.3, -0.25) is 9.69 Å². The number of nitrogens with zero attached hydrogens (tertiary/aromatic N) is 2. The maximum Gasteiger partial charge on any atom is 0.246 e. The van der Waals surface area contributed by atoms with E-state index in [1.807, 2.05) is 4.90 Å². The van der Waals surface area contributed by atoms with E-state index in [4.69, 9.17) is 0 Å². The predicted octanol–water partition coefficient (Wildman–Crippen LogP) is 0.0205. The van der Waals surface area contributed by atoms with Gasteiger partial charge in [-0.2, -0.15) is 4.31 Å². The second-order valence-electron chi connectivity index (χ2n) is 5.47. The zero-order chi connectivity index (χ0) is 15.7. The van der Waals surface area contributed by atoms with E-state index in [-0.39, 0.29) is 29.9 Å². The van der Waals surface area contributed by atoms with E-state index in [1.165, 1.54) is 22.5 Å². The molecule has 1 aromatic rings. The molecular formula is C14H18FN3O3S. The molecule has 0 bridgehead atoms. The van der Waals surface area contributed by atoms with Crippen molar-refractivity contribution < 1.29 is 17.6 Å². The minimum absolute atomic E-state index is 0.0589. The summed E-state index contributed by atoms with van der Waals surface area (Å²) in [4.78, 5) is 13.6. The Bertz CT molecular complexity index is 680. The minimum atomic E-state index is -3.88. The quantitative estimate of drug-likeness (QED) is 0.831. The second-order valence-corrected chi connectivity index (χ2v) is 7.37. The highest BCUT2D eigenvalue weighted by Gasteiger charge is 2.36. The van der Waals surface area contributed by atoms with Gasteiger partial charge in [-0.15, -0.1) is 0 Å². The molecule has 22 heavy (non-hydrogen) atoms. The third-order valence-electron chi connectivity index (χ3n) is 4.18. The lowest BCUT2D eigenvalue weighted by atomic mass is 10.1. The Labute approximate surface area is 128 Å². The summed E-state index contributed by atoms with van der Waals surface area (Å²) >= 11 is 0. The Morgan fingerprint density at radius 1 is 1.14 bits per heavy atom. The van der Waals surface area contributed by atoms with Crippen molar-refractivity contribution in [1.29, 1.82) is 0 Å². The second kappa shape index (κ2) is 5.94. The van der Waals surface area contributed by atoms with Crippen molar-refractivity contribution in [3.05, 3.63) is 30.1 Å². The molecule has 0 aliphatic carbocycles. The van der Waals surface area contributed by atoms with Crippen LogP contribution in [0.25, 0.3) is 0 Å². The van der Waals surface area contributed by atoms with Crippen molar-refractivity contribution in [3.8, 4) is 0 Å².